The van der Waals surface area contributed by atoms with Gasteiger partial charge in [0.1, 0.15) is 5.69 Å². The van der Waals surface area contributed by atoms with E-state index in [4.69, 9.17) is 0 Å². The van der Waals surface area contributed by atoms with Gasteiger partial charge in [0, 0.05) is 31.7 Å². The average Bonchev–Trinajstić information content (AvgIpc) is 3.09. The molecule has 0 saturated carbocycles. The van der Waals surface area contributed by atoms with Gasteiger partial charge in [0.15, 0.2) is 5.82 Å². The number of hydrogen-bond acceptors (Lipinski definition) is 6. The van der Waals surface area contributed by atoms with Crippen molar-refractivity contribution in [3.8, 4) is 0 Å². The summed E-state index contributed by atoms with van der Waals surface area (Å²) in [5.74, 6) is 1.17. The summed E-state index contributed by atoms with van der Waals surface area (Å²) < 4.78 is 28.6. The Labute approximate surface area is 156 Å². The quantitative estimate of drug-likeness (QED) is 0.792. The Morgan fingerprint density at radius 2 is 1.80 bits per heavy atom. The van der Waals surface area contributed by atoms with E-state index in [9.17, 15) is 8.42 Å². The lowest BCUT2D eigenvalue weighted by Crippen LogP contribution is -2.24. The number of sulfonamides is 1. The maximum Gasteiger partial charge on any atom is 0.262 e. The van der Waals surface area contributed by atoms with Crippen LogP contribution >= 0.6 is 15.9 Å². The fourth-order valence-corrected chi connectivity index (χ4v) is 3.97. The lowest BCUT2D eigenvalue weighted by Gasteiger charge is -2.21. The van der Waals surface area contributed by atoms with Crippen LogP contribution in [-0.4, -0.2) is 45.6 Å². The molecule has 1 aromatic heterocycles. The van der Waals surface area contributed by atoms with E-state index in [0.717, 1.165) is 30.4 Å². The molecule has 0 bridgehead atoms. The molecule has 1 saturated heterocycles. The van der Waals surface area contributed by atoms with Gasteiger partial charge in [0.25, 0.3) is 10.0 Å². The maximum atomic E-state index is 12.6. The second-order valence-electron chi connectivity index (χ2n) is 6.06. The topological polar surface area (TPSA) is 78.4 Å². The van der Waals surface area contributed by atoms with Crippen LogP contribution < -0.4 is 14.5 Å². The SMILES string of the molecule is CN(C)c1nc(N2CCCC2)ncc1NS(=O)(=O)c1ccc(Br)cc1. The molecule has 0 radical (unpaired) electrons. The van der Waals surface area contributed by atoms with Crippen LogP contribution in [0.4, 0.5) is 17.5 Å². The van der Waals surface area contributed by atoms with E-state index < -0.39 is 10.0 Å². The van der Waals surface area contributed by atoms with Gasteiger partial charge in [-0.05, 0) is 37.1 Å². The third kappa shape index (κ3) is 4.04. The van der Waals surface area contributed by atoms with Crippen molar-refractivity contribution in [2.75, 3.05) is 41.7 Å². The Morgan fingerprint density at radius 3 is 2.40 bits per heavy atom. The summed E-state index contributed by atoms with van der Waals surface area (Å²) >= 11 is 3.30. The molecule has 1 fully saturated rings. The minimum Gasteiger partial charge on any atom is -0.361 e. The monoisotopic (exact) mass is 425 g/mol. The molecule has 0 atom stereocenters. The molecular weight excluding hydrogens is 406 g/mol. The molecule has 9 heteroatoms. The van der Waals surface area contributed by atoms with Gasteiger partial charge in [0.05, 0.1) is 11.1 Å². The second-order valence-corrected chi connectivity index (χ2v) is 8.65. The molecule has 1 N–H and O–H groups in total. The fraction of sp³-hybridized carbons (Fsp3) is 0.375. The molecule has 25 heavy (non-hydrogen) atoms. The first kappa shape index (κ1) is 17.9. The van der Waals surface area contributed by atoms with Gasteiger partial charge in [-0.15, -0.1) is 0 Å². The fourth-order valence-electron chi connectivity index (χ4n) is 2.66. The van der Waals surface area contributed by atoms with Crippen molar-refractivity contribution in [1.29, 1.82) is 0 Å². The van der Waals surface area contributed by atoms with Gasteiger partial charge in [0.2, 0.25) is 5.95 Å². The first-order valence-electron chi connectivity index (χ1n) is 7.94. The summed E-state index contributed by atoms with van der Waals surface area (Å²) in [4.78, 5) is 13.0. The number of benzene rings is 1. The summed E-state index contributed by atoms with van der Waals surface area (Å²) in [5, 5.41) is 0. The molecule has 134 valence electrons. The largest absolute Gasteiger partial charge is 0.361 e. The Morgan fingerprint density at radius 1 is 1.16 bits per heavy atom. The van der Waals surface area contributed by atoms with Crippen molar-refractivity contribution in [1.82, 2.24) is 9.97 Å². The molecule has 0 aliphatic carbocycles. The summed E-state index contributed by atoms with van der Waals surface area (Å²) in [6.45, 7) is 1.85. The van der Waals surface area contributed by atoms with Gasteiger partial charge < -0.3 is 9.80 Å². The number of aromatic nitrogens is 2. The van der Waals surface area contributed by atoms with E-state index in [1.165, 1.54) is 6.20 Å². The Hall–Kier alpha value is -1.87. The lowest BCUT2D eigenvalue weighted by atomic mass is 10.4. The molecule has 1 aromatic carbocycles. The Balaban J connectivity index is 1.92. The number of halogens is 1. The highest BCUT2D eigenvalue weighted by molar-refractivity contribution is 9.10. The molecule has 2 heterocycles. The first-order valence-corrected chi connectivity index (χ1v) is 10.2. The highest BCUT2D eigenvalue weighted by Gasteiger charge is 2.21. The van der Waals surface area contributed by atoms with E-state index >= 15 is 0 Å². The smallest absolute Gasteiger partial charge is 0.262 e. The summed E-state index contributed by atoms with van der Waals surface area (Å²) in [7, 11) is -0.0553. The maximum absolute atomic E-state index is 12.6. The third-order valence-electron chi connectivity index (χ3n) is 3.94. The van der Waals surface area contributed by atoms with Crippen LogP contribution in [0.25, 0.3) is 0 Å². The van der Waals surface area contributed by atoms with Crippen LogP contribution in [-0.2, 0) is 10.0 Å². The van der Waals surface area contributed by atoms with Crippen molar-refractivity contribution in [2.24, 2.45) is 0 Å². The van der Waals surface area contributed by atoms with Gasteiger partial charge >= 0.3 is 0 Å². The second kappa shape index (κ2) is 7.17. The van der Waals surface area contributed by atoms with Crippen molar-refractivity contribution in [2.45, 2.75) is 17.7 Å². The van der Waals surface area contributed by atoms with Crippen LogP contribution in [0, 0.1) is 0 Å². The number of anilines is 3. The number of nitrogens with zero attached hydrogens (tertiary/aromatic N) is 4. The zero-order chi connectivity index (χ0) is 18.0. The number of hydrogen-bond donors (Lipinski definition) is 1. The highest BCUT2D eigenvalue weighted by atomic mass is 79.9. The van der Waals surface area contributed by atoms with Crippen LogP contribution in [0.2, 0.25) is 0 Å². The first-order chi connectivity index (χ1) is 11.9. The molecule has 0 unspecified atom stereocenters. The van der Waals surface area contributed by atoms with Crippen molar-refractivity contribution in [3.63, 3.8) is 0 Å². The highest BCUT2D eigenvalue weighted by Crippen LogP contribution is 2.27. The van der Waals surface area contributed by atoms with E-state index in [1.54, 1.807) is 29.2 Å². The average molecular weight is 426 g/mol. The molecule has 3 rings (SSSR count). The molecular formula is C16H20BrN5O2S. The van der Waals surface area contributed by atoms with Gasteiger partial charge in [-0.2, -0.15) is 4.98 Å². The normalized spacial score (nSPS) is 14.6. The summed E-state index contributed by atoms with van der Waals surface area (Å²) in [5.41, 5.74) is 0.357. The minimum absolute atomic E-state index is 0.184. The van der Waals surface area contributed by atoms with Crippen molar-refractivity contribution >= 4 is 43.4 Å². The zero-order valence-corrected chi connectivity index (χ0v) is 16.5. The minimum atomic E-state index is -3.71. The predicted octanol–water partition coefficient (Wildman–Crippen LogP) is 2.71. The van der Waals surface area contributed by atoms with E-state index in [0.29, 0.717) is 17.5 Å². The van der Waals surface area contributed by atoms with E-state index in [1.807, 2.05) is 14.1 Å². The molecule has 1 aliphatic rings. The molecule has 0 amide bonds. The van der Waals surface area contributed by atoms with Gasteiger partial charge in [-0.1, -0.05) is 15.9 Å². The van der Waals surface area contributed by atoms with Crippen molar-refractivity contribution < 1.29 is 8.42 Å². The van der Waals surface area contributed by atoms with Gasteiger partial charge in [-0.3, -0.25) is 4.72 Å². The van der Waals surface area contributed by atoms with Crippen LogP contribution in [0.15, 0.2) is 39.8 Å². The predicted molar refractivity (Wildman–Crippen MR) is 103 cm³/mol. The van der Waals surface area contributed by atoms with Crippen LogP contribution in [0.3, 0.4) is 0 Å². The molecule has 2 aromatic rings. The lowest BCUT2D eigenvalue weighted by molar-refractivity contribution is 0.601. The summed E-state index contributed by atoms with van der Waals surface area (Å²) in [6.07, 6.45) is 3.78. The standard InChI is InChI=1S/C16H20BrN5O2S/c1-21(2)15-14(11-18-16(19-15)22-9-3-4-10-22)20-25(23,24)13-7-5-12(17)6-8-13/h5-8,11,20H,3-4,9-10H2,1-2H3. The molecule has 0 spiro atoms. The number of rotatable bonds is 5. The van der Waals surface area contributed by atoms with Crippen LogP contribution in [0.5, 0.6) is 0 Å². The van der Waals surface area contributed by atoms with Crippen LogP contribution in [0.1, 0.15) is 12.8 Å². The van der Waals surface area contributed by atoms with E-state index in [2.05, 4.69) is 35.5 Å². The molecule has 1 aliphatic heterocycles. The Kier molecular flexibility index (Phi) is 5.14. The zero-order valence-electron chi connectivity index (χ0n) is 14.1. The molecule has 7 nitrogen and oxygen atoms in total. The van der Waals surface area contributed by atoms with E-state index in [-0.39, 0.29) is 4.90 Å². The number of nitrogens with one attached hydrogen (secondary N) is 1. The Bertz CT molecular complexity index is 849. The van der Waals surface area contributed by atoms with Crippen molar-refractivity contribution in [3.05, 3.63) is 34.9 Å². The van der Waals surface area contributed by atoms with Gasteiger partial charge in [-0.25, -0.2) is 13.4 Å². The summed E-state index contributed by atoms with van der Waals surface area (Å²) in [6, 6.07) is 6.46. The third-order valence-corrected chi connectivity index (χ3v) is 5.85.